The molecule has 0 radical (unpaired) electrons. The summed E-state index contributed by atoms with van der Waals surface area (Å²) in [4.78, 5) is 10.4. The second-order valence-corrected chi connectivity index (χ2v) is 5.79. The summed E-state index contributed by atoms with van der Waals surface area (Å²) < 4.78 is 32.1. The molecule has 108 valence electrons. The predicted molar refractivity (Wildman–Crippen MR) is 65.1 cm³/mol. The minimum atomic E-state index is -3.78. The van der Waals surface area contributed by atoms with E-state index in [0.717, 1.165) is 17.1 Å². The Morgan fingerprint density at radius 3 is 2.90 bits per heavy atom. The van der Waals surface area contributed by atoms with Crippen LogP contribution in [-0.4, -0.2) is 34.4 Å². The third kappa shape index (κ3) is 3.42. The van der Waals surface area contributed by atoms with Gasteiger partial charge in [-0.1, -0.05) is 5.16 Å². The summed E-state index contributed by atoms with van der Waals surface area (Å²) in [6.45, 7) is 1.27. The number of nitrogens with one attached hydrogen (secondary N) is 1. The summed E-state index contributed by atoms with van der Waals surface area (Å²) in [5.41, 5.74) is 0.647. The van der Waals surface area contributed by atoms with Crippen molar-refractivity contribution in [2.75, 3.05) is 0 Å². The third-order valence-corrected chi connectivity index (χ3v) is 3.69. The molecule has 0 bridgehead atoms. The van der Waals surface area contributed by atoms with Crippen LogP contribution in [0.3, 0.4) is 0 Å². The minimum Gasteiger partial charge on any atom is -0.480 e. The number of rotatable bonds is 6. The van der Waals surface area contributed by atoms with Gasteiger partial charge in [0.15, 0.2) is 5.76 Å². The number of nitrogens with zero attached hydrogens (tertiary/aromatic N) is 3. The third-order valence-electron chi connectivity index (χ3n) is 2.33. The maximum absolute atomic E-state index is 11.9. The van der Waals surface area contributed by atoms with Gasteiger partial charge in [-0.3, -0.25) is 9.48 Å². The number of aliphatic carboxylic acids is 1. The van der Waals surface area contributed by atoms with Crippen molar-refractivity contribution in [3.63, 3.8) is 0 Å². The van der Waals surface area contributed by atoms with E-state index in [1.165, 1.54) is 0 Å². The van der Waals surface area contributed by atoms with Crippen molar-refractivity contribution >= 4 is 16.0 Å². The van der Waals surface area contributed by atoms with Crippen LogP contribution in [0.5, 0.6) is 0 Å². The highest BCUT2D eigenvalue weighted by Crippen LogP contribution is 2.09. The van der Waals surface area contributed by atoms with Crippen LogP contribution in [0, 0.1) is 6.92 Å². The van der Waals surface area contributed by atoms with Gasteiger partial charge in [0.25, 0.3) is 0 Å². The van der Waals surface area contributed by atoms with Gasteiger partial charge >= 0.3 is 5.97 Å². The molecular weight excluding hydrogens is 288 g/mol. The lowest BCUT2D eigenvalue weighted by Gasteiger charge is -2.01. The van der Waals surface area contributed by atoms with E-state index < -0.39 is 22.5 Å². The summed E-state index contributed by atoms with van der Waals surface area (Å²) >= 11 is 0. The molecule has 2 rings (SSSR count). The van der Waals surface area contributed by atoms with Crippen LogP contribution in [0.4, 0.5) is 0 Å². The standard InChI is InChI=1S/C10H12N4O5S/c1-7-2-8(19-13-7)3-12-20(17,18)9-4-11-14(5-9)6-10(15)16/h2,4-5,12H,3,6H2,1H3,(H,15,16). The van der Waals surface area contributed by atoms with Crippen LogP contribution in [0.2, 0.25) is 0 Å². The molecule has 0 amide bonds. The minimum absolute atomic E-state index is 0.0483. The molecule has 2 aromatic rings. The number of hydrogen-bond donors (Lipinski definition) is 2. The Balaban J connectivity index is 2.06. The molecule has 2 aromatic heterocycles. The average molecular weight is 300 g/mol. The summed E-state index contributed by atoms with van der Waals surface area (Å²) in [5, 5.41) is 15.9. The number of carboxylic acid groups (broad SMARTS) is 1. The molecule has 0 fully saturated rings. The van der Waals surface area contributed by atoms with E-state index in [9.17, 15) is 13.2 Å². The Bertz CT molecular complexity index is 718. The molecule has 0 saturated carbocycles. The fourth-order valence-electron chi connectivity index (χ4n) is 1.46. The van der Waals surface area contributed by atoms with Crippen molar-refractivity contribution in [3.8, 4) is 0 Å². The molecule has 0 aliphatic heterocycles. The van der Waals surface area contributed by atoms with Crippen molar-refractivity contribution in [1.29, 1.82) is 0 Å². The van der Waals surface area contributed by atoms with Crippen LogP contribution >= 0.6 is 0 Å². The maximum Gasteiger partial charge on any atom is 0.325 e. The lowest BCUT2D eigenvalue weighted by Crippen LogP contribution is -2.22. The van der Waals surface area contributed by atoms with Gasteiger partial charge in [0.05, 0.1) is 18.4 Å². The Hall–Kier alpha value is -2.20. The molecule has 9 nitrogen and oxygen atoms in total. The monoisotopic (exact) mass is 300 g/mol. The summed E-state index contributed by atoms with van der Waals surface area (Å²) in [6, 6.07) is 1.61. The van der Waals surface area contributed by atoms with Crippen LogP contribution in [-0.2, 0) is 27.9 Å². The highest BCUT2D eigenvalue weighted by Gasteiger charge is 2.17. The molecule has 2 heterocycles. The Morgan fingerprint density at radius 1 is 1.55 bits per heavy atom. The fraction of sp³-hybridized carbons (Fsp3) is 0.300. The second-order valence-electron chi connectivity index (χ2n) is 4.03. The lowest BCUT2D eigenvalue weighted by atomic mass is 10.4. The molecule has 0 unspecified atom stereocenters. The van der Waals surface area contributed by atoms with Crippen LogP contribution in [0.15, 0.2) is 27.9 Å². The summed E-state index contributed by atoms with van der Waals surface area (Å²) in [7, 11) is -3.78. The molecule has 0 aliphatic rings. The summed E-state index contributed by atoms with van der Waals surface area (Å²) in [6.07, 6.45) is 2.22. The van der Waals surface area contributed by atoms with Crippen molar-refractivity contribution < 1.29 is 22.8 Å². The maximum atomic E-state index is 11.9. The normalized spacial score (nSPS) is 11.7. The first-order valence-electron chi connectivity index (χ1n) is 5.53. The molecule has 2 N–H and O–H groups in total. The first-order chi connectivity index (χ1) is 9.37. The molecule has 20 heavy (non-hydrogen) atoms. The largest absolute Gasteiger partial charge is 0.480 e. The molecule has 0 saturated heterocycles. The number of aromatic nitrogens is 3. The Morgan fingerprint density at radius 2 is 2.30 bits per heavy atom. The average Bonchev–Trinajstić information content (AvgIpc) is 2.95. The number of hydrogen-bond acceptors (Lipinski definition) is 6. The molecular formula is C10H12N4O5S. The van der Waals surface area contributed by atoms with Crippen molar-refractivity contribution in [2.24, 2.45) is 0 Å². The fourth-order valence-corrected chi connectivity index (χ4v) is 2.40. The van der Waals surface area contributed by atoms with E-state index in [2.05, 4.69) is 15.0 Å². The van der Waals surface area contributed by atoms with Gasteiger partial charge in [0.2, 0.25) is 10.0 Å². The molecule has 0 aromatic carbocycles. The van der Waals surface area contributed by atoms with Gasteiger partial charge in [0.1, 0.15) is 11.4 Å². The van der Waals surface area contributed by atoms with E-state index in [1.54, 1.807) is 13.0 Å². The van der Waals surface area contributed by atoms with Crippen molar-refractivity contribution in [1.82, 2.24) is 19.7 Å². The van der Waals surface area contributed by atoms with E-state index in [0.29, 0.717) is 11.5 Å². The SMILES string of the molecule is Cc1cc(CNS(=O)(=O)c2cnn(CC(=O)O)c2)on1. The number of carbonyl (C=O) groups is 1. The highest BCUT2D eigenvalue weighted by atomic mass is 32.2. The van der Waals surface area contributed by atoms with Gasteiger partial charge < -0.3 is 9.63 Å². The molecule has 0 spiro atoms. The smallest absolute Gasteiger partial charge is 0.325 e. The van der Waals surface area contributed by atoms with Gasteiger partial charge in [-0.15, -0.1) is 0 Å². The highest BCUT2D eigenvalue weighted by molar-refractivity contribution is 7.89. The molecule has 0 atom stereocenters. The zero-order valence-electron chi connectivity index (χ0n) is 10.5. The lowest BCUT2D eigenvalue weighted by molar-refractivity contribution is -0.137. The topological polar surface area (TPSA) is 127 Å². The van der Waals surface area contributed by atoms with Crippen LogP contribution in [0.1, 0.15) is 11.5 Å². The zero-order chi connectivity index (χ0) is 14.8. The van der Waals surface area contributed by atoms with Crippen molar-refractivity contribution in [3.05, 3.63) is 29.9 Å². The van der Waals surface area contributed by atoms with E-state index in [-0.39, 0.29) is 11.4 Å². The van der Waals surface area contributed by atoms with Gasteiger partial charge in [-0.25, -0.2) is 13.1 Å². The van der Waals surface area contributed by atoms with E-state index in [1.807, 2.05) is 0 Å². The Kier molecular flexibility index (Phi) is 3.86. The second kappa shape index (κ2) is 5.43. The number of aryl methyl sites for hydroxylation is 1. The predicted octanol–water partition coefficient (Wildman–Crippen LogP) is -0.257. The van der Waals surface area contributed by atoms with Crippen LogP contribution < -0.4 is 4.72 Å². The molecule has 10 heteroatoms. The van der Waals surface area contributed by atoms with Gasteiger partial charge in [0, 0.05) is 12.3 Å². The number of sulfonamides is 1. The zero-order valence-corrected chi connectivity index (χ0v) is 11.3. The van der Waals surface area contributed by atoms with Gasteiger partial charge in [-0.05, 0) is 6.92 Å². The van der Waals surface area contributed by atoms with Crippen LogP contribution in [0.25, 0.3) is 0 Å². The van der Waals surface area contributed by atoms with Gasteiger partial charge in [-0.2, -0.15) is 5.10 Å². The Labute approximate surface area is 114 Å². The first kappa shape index (κ1) is 14.2. The quantitative estimate of drug-likeness (QED) is 0.752. The van der Waals surface area contributed by atoms with Crippen molar-refractivity contribution in [2.45, 2.75) is 24.9 Å². The van der Waals surface area contributed by atoms with E-state index in [4.69, 9.17) is 9.63 Å². The van der Waals surface area contributed by atoms with E-state index >= 15 is 0 Å². The summed E-state index contributed by atoms with van der Waals surface area (Å²) in [5.74, 6) is -0.730. The number of carboxylic acids is 1. The molecule has 0 aliphatic carbocycles. The first-order valence-corrected chi connectivity index (χ1v) is 7.01.